The van der Waals surface area contributed by atoms with Gasteiger partial charge in [0.15, 0.2) is 6.10 Å². The van der Waals surface area contributed by atoms with E-state index in [-0.39, 0.29) is 22.9 Å². The van der Waals surface area contributed by atoms with Crippen molar-refractivity contribution in [3.05, 3.63) is 48.5 Å². The number of nitrogens with zero attached hydrogens (tertiary/aromatic N) is 1. The van der Waals surface area contributed by atoms with Crippen molar-refractivity contribution in [2.75, 3.05) is 17.4 Å². The van der Waals surface area contributed by atoms with Gasteiger partial charge in [-0.05, 0) is 42.8 Å². The van der Waals surface area contributed by atoms with Crippen LogP contribution in [0.2, 0.25) is 0 Å². The number of ether oxygens (including phenoxy) is 2. The summed E-state index contributed by atoms with van der Waals surface area (Å²) in [5.74, 6) is -0.790. The summed E-state index contributed by atoms with van der Waals surface area (Å²) >= 11 is 0. The highest BCUT2D eigenvalue weighted by molar-refractivity contribution is 7.92. The molecule has 3 rings (SSSR count). The van der Waals surface area contributed by atoms with Crippen LogP contribution in [0, 0.1) is 0 Å². The summed E-state index contributed by atoms with van der Waals surface area (Å²) in [5, 5.41) is 2.67. The van der Waals surface area contributed by atoms with E-state index in [4.69, 9.17) is 4.74 Å². The standard InChI is InChI=1S/C19H19F3N2O5S/c1-2-11-23-18(25)17-12-24(15-5-3-4-6-16(15)28-17)30(26,27)14-9-7-13(8-10-14)29-19(20,21)22/h3-10,17H,2,11-12H2,1H3,(H,23,25). The zero-order chi connectivity index (χ0) is 21.9. The number of fused-ring (bicyclic) bond motifs is 1. The highest BCUT2D eigenvalue weighted by atomic mass is 32.2. The number of anilines is 1. The molecular weight excluding hydrogens is 425 g/mol. The summed E-state index contributed by atoms with van der Waals surface area (Å²) in [6.45, 7) is 2.00. The van der Waals surface area contributed by atoms with Crippen LogP contribution in [0.5, 0.6) is 11.5 Å². The number of alkyl halides is 3. The second kappa shape index (κ2) is 8.42. The largest absolute Gasteiger partial charge is 0.573 e. The van der Waals surface area contributed by atoms with Gasteiger partial charge in [-0.25, -0.2) is 8.42 Å². The van der Waals surface area contributed by atoms with E-state index in [9.17, 15) is 26.4 Å². The Morgan fingerprint density at radius 1 is 1.20 bits per heavy atom. The monoisotopic (exact) mass is 444 g/mol. The third kappa shape index (κ3) is 4.78. The smallest absolute Gasteiger partial charge is 0.476 e. The molecule has 1 amide bonds. The quantitative estimate of drug-likeness (QED) is 0.740. The number of benzene rings is 2. The second-order valence-electron chi connectivity index (χ2n) is 6.42. The van der Waals surface area contributed by atoms with Crippen molar-refractivity contribution in [3.63, 3.8) is 0 Å². The maximum Gasteiger partial charge on any atom is 0.573 e. The van der Waals surface area contributed by atoms with Gasteiger partial charge in [0.1, 0.15) is 11.5 Å². The molecule has 11 heteroatoms. The molecule has 1 heterocycles. The summed E-state index contributed by atoms with van der Waals surface area (Å²) in [4.78, 5) is 12.1. The van der Waals surface area contributed by atoms with E-state index in [1.165, 1.54) is 12.1 Å². The average molecular weight is 444 g/mol. The molecule has 1 aliphatic rings. The summed E-state index contributed by atoms with van der Waals surface area (Å²) < 4.78 is 73.9. The van der Waals surface area contributed by atoms with Crippen molar-refractivity contribution in [1.82, 2.24) is 5.32 Å². The summed E-state index contributed by atoms with van der Waals surface area (Å²) in [6, 6.07) is 10.2. The van der Waals surface area contributed by atoms with Crippen molar-refractivity contribution in [1.29, 1.82) is 0 Å². The molecule has 0 aliphatic carbocycles. The lowest BCUT2D eigenvalue weighted by molar-refractivity contribution is -0.274. The molecular formula is C19H19F3N2O5S. The van der Waals surface area contributed by atoms with E-state index in [0.29, 0.717) is 13.0 Å². The molecule has 1 aliphatic heterocycles. The fourth-order valence-electron chi connectivity index (χ4n) is 2.87. The lowest BCUT2D eigenvalue weighted by atomic mass is 10.2. The van der Waals surface area contributed by atoms with Crippen LogP contribution in [0.1, 0.15) is 13.3 Å². The normalized spacial score (nSPS) is 16.4. The lowest BCUT2D eigenvalue weighted by Crippen LogP contribution is -2.50. The zero-order valence-corrected chi connectivity index (χ0v) is 16.7. The maximum atomic E-state index is 13.2. The highest BCUT2D eigenvalue weighted by Crippen LogP contribution is 2.37. The molecule has 0 aromatic heterocycles. The van der Waals surface area contributed by atoms with Crippen molar-refractivity contribution < 1.29 is 35.9 Å². The third-order valence-corrected chi connectivity index (χ3v) is 6.02. The number of nitrogens with one attached hydrogen (secondary N) is 1. The van der Waals surface area contributed by atoms with Crippen LogP contribution in [0.15, 0.2) is 53.4 Å². The fourth-order valence-corrected chi connectivity index (χ4v) is 4.34. The van der Waals surface area contributed by atoms with Crippen LogP contribution in [0.3, 0.4) is 0 Å². The predicted octanol–water partition coefficient (Wildman–Crippen LogP) is 3.07. The van der Waals surface area contributed by atoms with Crippen LogP contribution >= 0.6 is 0 Å². The molecule has 2 aromatic carbocycles. The van der Waals surface area contributed by atoms with E-state index < -0.39 is 34.1 Å². The molecule has 162 valence electrons. The third-order valence-electron chi connectivity index (χ3n) is 4.22. The molecule has 0 radical (unpaired) electrons. The zero-order valence-electron chi connectivity index (χ0n) is 15.8. The SMILES string of the molecule is CCCNC(=O)C1CN(S(=O)(=O)c2ccc(OC(F)(F)F)cc2)c2ccccc2O1. The molecule has 0 fully saturated rings. The molecule has 7 nitrogen and oxygen atoms in total. The molecule has 0 saturated heterocycles. The summed E-state index contributed by atoms with van der Waals surface area (Å²) in [6.07, 6.45) is -5.26. The molecule has 1 atom stereocenters. The fraction of sp³-hybridized carbons (Fsp3) is 0.316. The van der Waals surface area contributed by atoms with Crippen LogP contribution in [0.4, 0.5) is 18.9 Å². The van der Waals surface area contributed by atoms with E-state index in [2.05, 4.69) is 10.1 Å². The highest BCUT2D eigenvalue weighted by Gasteiger charge is 2.37. The lowest BCUT2D eigenvalue weighted by Gasteiger charge is -2.34. The number of amides is 1. The van der Waals surface area contributed by atoms with Crippen molar-refractivity contribution in [3.8, 4) is 11.5 Å². The molecule has 1 N–H and O–H groups in total. The average Bonchev–Trinajstić information content (AvgIpc) is 2.70. The maximum absolute atomic E-state index is 13.2. The van der Waals surface area contributed by atoms with E-state index >= 15 is 0 Å². The van der Waals surface area contributed by atoms with Crippen molar-refractivity contribution >= 4 is 21.6 Å². The minimum absolute atomic E-state index is 0.209. The van der Waals surface area contributed by atoms with E-state index in [1.807, 2.05) is 6.92 Å². The number of hydrogen-bond donors (Lipinski definition) is 1. The van der Waals surface area contributed by atoms with Gasteiger partial charge in [0.05, 0.1) is 17.1 Å². The molecule has 1 unspecified atom stereocenters. The Labute approximate surface area is 171 Å². The molecule has 0 saturated carbocycles. The van der Waals surface area contributed by atoms with Gasteiger partial charge in [-0.3, -0.25) is 9.10 Å². The first-order chi connectivity index (χ1) is 14.1. The number of para-hydroxylation sites is 2. The second-order valence-corrected chi connectivity index (χ2v) is 8.28. The minimum atomic E-state index is -4.89. The van der Waals surface area contributed by atoms with Crippen LogP contribution in [0.25, 0.3) is 0 Å². The van der Waals surface area contributed by atoms with Crippen LogP contribution < -0.4 is 19.1 Å². The first-order valence-electron chi connectivity index (χ1n) is 9.04. The van der Waals surface area contributed by atoms with Gasteiger partial charge in [0.25, 0.3) is 15.9 Å². The topological polar surface area (TPSA) is 84.9 Å². The number of hydrogen-bond acceptors (Lipinski definition) is 5. The van der Waals surface area contributed by atoms with E-state index in [1.54, 1.807) is 12.1 Å². The van der Waals surface area contributed by atoms with Crippen molar-refractivity contribution in [2.24, 2.45) is 0 Å². The van der Waals surface area contributed by atoms with Gasteiger partial charge in [-0.15, -0.1) is 13.2 Å². The Morgan fingerprint density at radius 3 is 2.50 bits per heavy atom. The van der Waals surface area contributed by atoms with Gasteiger partial charge in [-0.1, -0.05) is 19.1 Å². The molecule has 2 aromatic rings. The van der Waals surface area contributed by atoms with Gasteiger partial charge in [-0.2, -0.15) is 0 Å². The Kier molecular flexibility index (Phi) is 6.11. The number of halogens is 3. The number of rotatable bonds is 6. The number of carbonyl (C=O) groups is 1. The Hall–Kier alpha value is -2.95. The first kappa shape index (κ1) is 21.8. The Balaban J connectivity index is 1.92. The van der Waals surface area contributed by atoms with Crippen molar-refractivity contribution in [2.45, 2.75) is 30.7 Å². The summed E-state index contributed by atoms with van der Waals surface area (Å²) in [7, 11) is -4.19. The van der Waals surface area contributed by atoms with Crippen LogP contribution in [-0.4, -0.2) is 39.9 Å². The molecule has 0 bridgehead atoms. The van der Waals surface area contributed by atoms with Gasteiger partial charge >= 0.3 is 6.36 Å². The Bertz CT molecular complexity index is 1010. The first-order valence-corrected chi connectivity index (χ1v) is 10.5. The number of sulfonamides is 1. The van der Waals surface area contributed by atoms with Gasteiger partial charge < -0.3 is 14.8 Å². The molecule has 30 heavy (non-hydrogen) atoms. The Morgan fingerprint density at radius 2 is 1.87 bits per heavy atom. The van der Waals surface area contributed by atoms with E-state index in [0.717, 1.165) is 28.6 Å². The van der Waals surface area contributed by atoms with Gasteiger partial charge in [0.2, 0.25) is 0 Å². The predicted molar refractivity (Wildman–Crippen MR) is 102 cm³/mol. The van der Waals surface area contributed by atoms with Gasteiger partial charge in [0, 0.05) is 6.54 Å². The van der Waals surface area contributed by atoms with Crippen LogP contribution in [-0.2, 0) is 14.8 Å². The number of carbonyl (C=O) groups excluding carboxylic acids is 1. The molecule has 0 spiro atoms. The summed E-state index contributed by atoms with van der Waals surface area (Å²) in [5.41, 5.74) is 0.229. The minimum Gasteiger partial charge on any atom is -0.476 e.